The summed E-state index contributed by atoms with van der Waals surface area (Å²) in [7, 11) is 1.94. The Bertz CT molecular complexity index is 1270. The molecule has 0 spiro atoms. The summed E-state index contributed by atoms with van der Waals surface area (Å²) < 4.78 is 20.3. The molecule has 11 nitrogen and oxygen atoms in total. The minimum absolute atomic E-state index is 0.00720. The second-order valence-corrected chi connectivity index (χ2v) is 8.13. The third-order valence-electron chi connectivity index (χ3n) is 5.69. The van der Waals surface area contributed by atoms with Gasteiger partial charge in [0.25, 0.3) is 5.91 Å². The van der Waals surface area contributed by atoms with Crippen molar-refractivity contribution in [1.82, 2.24) is 35.1 Å². The topological polar surface area (TPSA) is 139 Å². The van der Waals surface area contributed by atoms with Crippen LogP contribution in [-0.4, -0.2) is 80.8 Å². The summed E-state index contributed by atoms with van der Waals surface area (Å²) in [6.07, 6.45) is 5.32. The van der Waals surface area contributed by atoms with Crippen molar-refractivity contribution in [2.45, 2.75) is 6.04 Å². The van der Waals surface area contributed by atoms with E-state index in [1.165, 1.54) is 36.9 Å². The number of carbonyl (C=O) groups is 2. The van der Waals surface area contributed by atoms with Crippen LogP contribution in [0.25, 0.3) is 11.1 Å². The zero-order valence-electron chi connectivity index (χ0n) is 19.6. The van der Waals surface area contributed by atoms with Crippen molar-refractivity contribution in [3.63, 3.8) is 0 Å². The van der Waals surface area contributed by atoms with E-state index in [0.29, 0.717) is 25.2 Å². The Morgan fingerprint density at radius 3 is 2.75 bits per heavy atom. The number of carbonyl (C=O) groups excluding carboxylic acids is 2. The SMILES string of the molecule is C=CC(=O)NCC1CN(C)CCN1C(=O)c1ncnc(N)c1-c1ccc(Oc2ncccn2)c(F)c1. The Morgan fingerprint density at radius 2 is 2.03 bits per heavy atom. The first-order valence-electron chi connectivity index (χ1n) is 11.1. The Hall–Kier alpha value is -4.45. The number of piperazine rings is 1. The molecule has 36 heavy (non-hydrogen) atoms. The molecule has 0 saturated carbocycles. The molecule has 1 atom stereocenters. The highest BCUT2D eigenvalue weighted by molar-refractivity contribution is 6.01. The number of nitrogens with zero attached hydrogens (tertiary/aromatic N) is 6. The number of nitrogens with two attached hydrogens (primary N) is 1. The first kappa shape index (κ1) is 24.7. The molecule has 3 N–H and O–H groups in total. The smallest absolute Gasteiger partial charge is 0.321 e. The first-order chi connectivity index (χ1) is 17.4. The number of aromatic nitrogens is 4. The third kappa shape index (κ3) is 5.44. The predicted octanol–water partition coefficient (Wildman–Crippen LogP) is 1.51. The van der Waals surface area contributed by atoms with Gasteiger partial charge in [-0.3, -0.25) is 9.59 Å². The van der Waals surface area contributed by atoms with Crippen molar-refractivity contribution >= 4 is 17.6 Å². The minimum Gasteiger partial charge on any atom is -0.421 e. The average molecular weight is 493 g/mol. The van der Waals surface area contributed by atoms with E-state index in [-0.39, 0.29) is 47.3 Å². The van der Waals surface area contributed by atoms with E-state index < -0.39 is 11.7 Å². The van der Waals surface area contributed by atoms with Gasteiger partial charge in [-0.1, -0.05) is 12.6 Å². The first-order valence-corrected chi connectivity index (χ1v) is 11.1. The highest BCUT2D eigenvalue weighted by Crippen LogP contribution is 2.32. The number of benzene rings is 1. The lowest BCUT2D eigenvalue weighted by atomic mass is 10.0. The zero-order valence-corrected chi connectivity index (χ0v) is 19.6. The number of halogens is 1. The lowest BCUT2D eigenvalue weighted by Gasteiger charge is -2.40. The van der Waals surface area contributed by atoms with Crippen LogP contribution < -0.4 is 15.8 Å². The standard InChI is InChI=1S/C24H25FN8O3/c1-3-19(34)29-12-16-13-32(2)9-10-33(16)23(35)21-20(22(26)31-14-30-21)15-5-6-18(17(25)11-15)36-24-27-7-4-8-28-24/h3-8,11,14,16H,1,9-10,12-13H2,2H3,(H,29,34)(H2,26,30,31). The van der Waals surface area contributed by atoms with Crippen LogP contribution in [0.1, 0.15) is 10.5 Å². The van der Waals surface area contributed by atoms with Gasteiger partial charge >= 0.3 is 6.01 Å². The molecular weight excluding hydrogens is 467 g/mol. The minimum atomic E-state index is -0.703. The Kier molecular flexibility index (Phi) is 7.44. The fourth-order valence-corrected chi connectivity index (χ4v) is 3.90. The number of nitrogens with one attached hydrogen (secondary N) is 1. The molecule has 1 unspecified atom stereocenters. The second kappa shape index (κ2) is 10.9. The fraction of sp³-hybridized carbons (Fsp3) is 0.250. The molecule has 2 amide bonds. The number of anilines is 1. The Labute approximate surface area is 206 Å². The highest BCUT2D eigenvalue weighted by atomic mass is 19.1. The van der Waals surface area contributed by atoms with Crippen molar-refractivity contribution in [1.29, 1.82) is 0 Å². The van der Waals surface area contributed by atoms with Crippen molar-refractivity contribution in [2.75, 3.05) is 39.0 Å². The molecule has 1 aromatic carbocycles. The van der Waals surface area contributed by atoms with Crippen LogP contribution in [0.5, 0.6) is 11.8 Å². The van der Waals surface area contributed by atoms with Gasteiger partial charge in [0.05, 0.1) is 11.6 Å². The van der Waals surface area contributed by atoms with Crippen molar-refractivity contribution in [3.8, 4) is 22.9 Å². The second-order valence-electron chi connectivity index (χ2n) is 8.13. The summed E-state index contributed by atoms with van der Waals surface area (Å²) >= 11 is 0. The molecule has 0 bridgehead atoms. The van der Waals surface area contributed by atoms with Crippen LogP contribution in [0.2, 0.25) is 0 Å². The monoisotopic (exact) mass is 492 g/mol. The number of hydrogen-bond acceptors (Lipinski definition) is 9. The maximum absolute atomic E-state index is 14.9. The van der Waals surface area contributed by atoms with E-state index >= 15 is 0 Å². The van der Waals surface area contributed by atoms with Gasteiger partial charge in [0.1, 0.15) is 17.8 Å². The van der Waals surface area contributed by atoms with Crippen molar-refractivity contribution in [3.05, 3.63) is 67.2 Å². The molecule has 0 aliphatic carbocycles. The summed E-state index contributed by atoms with van der Waals surface area (Å²) in [5, 5.41) is 2.74. The fourth-order valence-electron chi connectivity index (χ4n) is 3.90. The lowest BCUT2D eigenvalue weighted by Crippen LogP contribution is -2.58. The summed E-state index contributed by atoms with van der Waals surface area (Å²) in [6, 6.07) is 5.43. The Balaban J connectivity index is 1.64. The summed E-state index contributed by atoms with van der Waals surface area (Å²) in [5.74, 6) is -1.50. The largest absolute Gasteiger partial charge is 0.421 e. The maximum Gasteiger partial charge on any atom is 0.321 e. The van der Waals surface area contributed by atoms with Crippen LogP contribution in [0.3, 0.4) is 0 Å². The van der Waals surface area contributed by atoms with Gasteiger partial charge in [0.15, 0.2) is 11.6 Å². The molecule has 1 fully saturated rings. The van der Waals surface area contributed by atoms with Crippen LogP contribution >= 0.6 is 0 Å². The van der Waals surface area contributed by atoms with E-state index in [1.807, 2.05) is 7.05 Å². The number of rotatable bonds is 7. The average Bonchev–Trinajstić information content (AvgIpc) is 2.88. The molecule has 3 aromatic rings. The normalized spacial score (nSPS) is 15.8. The number of hydrogen-bond donors (Lipinski definition) is 2. The highest BCUT2D eigenvalue weighted by Gasteiger charge is 2.32. The number of nitrogen functional groups attached to an aromatic ring is 1. The molecule has 4 rings (SSSR count). The van der Waals surface area contributed by atoms with Crippen LogP contribution in [0.4, 0.5) is 10.2 Å². The van der Waals surface area contributed by atoms with Gasteiger partial charge in [0.2, 0.25) is 5.91 Å². The molecular formula is C24H25FN8O3. The maximum atomic E-state index is 14.9. The predicted molar refractivity (Wildman–Crippen MR) is 129 cm³/mol. The molecule has 1 aliphatic heterocycles. The Morgan fingerprint density at radius 1 is 1.25 bits per heavy atom. The van der Waals surface area contributed by atoms with Gasteiger partial charge in [-0.05, 0) is 36.9 Å². The number of amides is 2. The quantitative estimate of drug-likeness (QED) is 0.470. The van der Waals surface area contributed by atoms with E-state index in [0.717, 1.165) is 0 Å². The molecule has 1 saturated heterocycles. The summed E-state index contributed by atoms with van der Waals surface area (Å²) in [4.78, 5) is 45.1. The van der Waals surface area contributed by atoms with Crippen LogP contribution in [0, 0.1) is 5.82 Å². The molecule has 3 heterocycles. The van der Waals surface area contributed by atoms with Gasteiger partial charge in [-0.2, -0.15) is 0 Å². The lowest BCUT2D eigenvalue weighted by molar-refractivity contribution is -0.116. The van der Waals surface area contributed by atoms with Gasteiger partial charge in [0, 0.05) is 38.6 Å². The van der Waals surface area contributed by atoms with Crippen molar-refractivity contribution in [2.24, 2.45) is 0 Å². The molecule has 2 aromatic heterocycles. The van der Waals surface area contributed by atoms with Crippen LogP contribution in [0.15, 0.2) is 55.6 Å². The number of likely N-dealkylation sites (N-methyl/N-ethyl adjacent to an activating group) is 1. The number of ether oxygens (including phenoxy) is 1. The van der Waals surface area contributed by atoms with Crippen LogP contribution in [-0.2, 0) is 4.79 Å². The zero-order chi connectivity index (χ0) is 25.7. The van der Waals surface area contributed by atoms with Gasteiger partial charge in [-0.15, -0.1) is 0 Å². The van der Waals surface area contributed by atoms with Gasteiger partial charge in [-0.25, -0.2) is 24.3 Å². The third-order valence-corrected chi connectivity index (χ3v) is 5.69. The molecule has 0 radical (unpaired) electrons. The van der Waals surface area contributed by atoms with E-state index in [4.69, 9.17) is 10.5 Å². The van der Waals surface area contributed by atoms with Crippen molar-refractivity contribution < 1.29 is 18.7 Å². The van der Waals surface area contributed by atoms with E-state index in [9.17, 15) is 14.0 Å². The molecule has 1 aliphatic rings. The molecule has 186 valence electrons. The molecule has 12 heteroatoms. The summed E-state index contributed by atoms with van der Waals surface area (Å²) in [6.45, 7) is 5.27. The summed E-state index contributed by atoms with van der Waals surface area (Å²) in [5.41, 5.74) is 6.68. The van der Waals surface area contributed by atoms with Gasteiger partial charge < -0.3 is 25.6 Å². The van der Waals surface area contributed by atoms with E-state index in [2.05, 4.69) is 36.7 Å². The van der Waals surface area contributed by atoms with E-state index in [1.54, 1.807) is 17.0 Å².